The molecule has 0 radical (unpaired) electrons. The fourth-order valence-corrected chi connectivity index (χ4v) is 5.20. The van der Waals surface area contributed by atoms with Crippen LogP contribution in [0.2, 0.25) is 0 Å². The van der Waals surface area contributed by atoms with Crippen molar-refractivity contribution < 1.29 is 14.3 Å². The summed E-state index contributed by atoms with van der Waals surface area (Å²) in [6, 6.07) is 8.03. The molecular formula is C25H29BrN8O3. The Bertz CT molecular complexity index is 1420. The highest BCUT2D eigenvalue weighted by Gasteiger charge is 2.27. The first-order chi connectivity index (χ1) is 17.7. The highest BCUT2D eigenvalue weighted by molar-refractivity contribution is 9.10. The van der Waals surface area contributed by atoms with Crippen molar-refractivity contribution in [2.45, 2.75) is 46.4 Å². The molecule has 194 valence electrons. The van der Waals surface area contributed by atoms with Gasteiger partial charge in [0.15, 0.2) is 0 Å². The molecule has 3 aromatic heterocycles. The SMILES string of the molecule is CC(C)(C)C(=O)OCc1nn[nH]c1COc1ccc(-c2c(Br)n(C3CCNC3)c3ncnc(N)c23)cc1. The number of nitrogens with one attached hydrogen (secondary N) is 2. The molecular weight excluding hydrogens is 540 g/mol. The Labute approximate surface area is 222 Å². The first-order valence-electron chi connectivity index (χ1n) is 12.0. The van der Waals surface area contributed by atoms with Crippen LogP contribution in [-0.4, -0.2) is 49.0 Å². The summed E-state index contributed by atoms with van der Waals surface area (Å²) in [4.78, 5) is 20.9. The Hall–Kier alpha value is -3.51. The van der Waals surface area contributed by atoms with E-state index in [1.54, 1.807) is 20.8 Å². The molecule has 1 aliphatic heterocycles. The van der Waals surface area contributed by atoms with Gasteiger partial charge in [-0.05, 0) is 67.4 Å². The number of anilines is 1. The highest BCUT2D eigenvalue weighted by atomic mass is 79.9. The molecule has 11 nitrogen and oxygen atoms in total. The van der Waals surface area contributed by atoms with Crippen molar-refractivity contribution in [2.24, 2.45) is 5.41 Å². The van der Waals surface area contributed by atoms with E-state index in [0.717, 1.165) is 46.3 Å². The second kappa shape index (κ2) is 10.1. The summed E-state index contributed by atoms with van der Waals surface area (Å²) < 4.78 is 14.4. The standard InChI is InChI=1S/C25H29BrN8O3/c1-25(2,3)24(35)37-12-18-17(31-33-32-18)11-36-16-6-4-14(5-7-16)19-20-22(27)29-13-30-23(20)34(21(19)26)15-8-9-28-10-15/h4-7,13,15,28H,8-12H2,1-3H3,(H2,27,29,30)(H,31,32,33). The number of esters is 1. The van der Waals surface area contributed by atoms with Gasteiger partial charge < -0.3 is 25.1 Å². The molecule has 1 aliphatic rings. The zero-order chi connectivity index (χ0) is 26.2. The third-order valence-electron chi connectivity index (χ3n) is 6.33. The van der Waals surface area contributed by atoms with Crippen LogP contribution in [-0.2, 0) is 22.7 Å². The number of fused-ring (bicyclic) bond motifs is 1. The molecule has 1 saturated heterocycles. The first-order valence-corrected chi connectivity index (χ1v) is 12.8. The third-order valence-corrected chi connectivity index (χ3v) is 7.11. The number of nitrogen functional groups attached to an aromatic ring is 1. The van der Waals surface area contributed by atoms with Crippen molar-refractivity contribution >= 4 is 38.8 Å². The van der Waals surface area contributed by atoms with Crippen molar-refractivity contribution in [3.8, 4) is 16.9 Å². The monoisotopic (exact) mass is 568 g/mol. The van der Waals surface area contributed by atoms with Crippen molar-refractivity contribution in [1.29, 1.82) is 0 Å². The number of halogens is 1. The number of rotatable bonds is 7. The topological polar surface area (TPSA) is 146 Å². The number of carbonyl (C=O) groups excluding carboxylic acids is 1. The number of H-pyrrole nitrogens is 1. The van der Waals surface area contributed by atoms with Gasteiger partial charge in [-0.25, -0.2) is 9.97 Å². The number of benzene rings is 1. The van der Waals surface area contributed by atoms with E-state index >= 15 is 0 Å². The van der Waals surface area contributed by atoms with Crippen molar-refractivity contribution in [3.63, 3.8) is 0 Å². The first kappa shape index (κ1) is 25.2. The quantitative estimate of drug-likeness (QED) is 0.283. The minimum Gasteiger partial charge on any atom is -0.487 e. The molecule has 0 bridgehead atoms. The lowest BCUT2D eigenvalue weighted by molar-refractivity contribution is -0.154. The number of carbonyl (C=O) groups is 1. The van der Waals surface area contributed by atoms with Gasteiger partial charge in [0.2, 0.25) is 0 Å². The normalized spacial score (nSPS) is 15.8. The van der Waals surface area contributed by atoms with Crippen LogP contribution in [0.5, 0.6) is 5.75 Å². The molecule has 12 heteroatoms. The van der Waals surface area contributed by atoms with E-state index in [-0.39, 0.29) is 25.2 Å². The number of hydrogen-bond donors (Lipinski definition) is 3. The maximum Gasteiger partial charge on any atom is 0.311 e. The summed E-state index contributed by atoms with van der Waals surface area (Å²) in [5.74, 6) is 0.804. The van der Waals surface area contributed by atoms with E-state index in [1.165, 1.54) is 6.33 Å². The number of hydrogen-bond acceptors (Lipinski definition) is 9. The number of aromatic amines is 1. The molecule has 1 aromatic carbocycles. The van der Waals surface area contributed by atoms with Gasteiger partial charge in [-0.2, -0.15) is 0 Å². The Balaban J connectivity index is 1.34. The van der Waals surface area contributed by atoms with Gasteiger partial charge in [0, 0.05) is 18.2 Å². The number of nitrogens with zero attached hydrogens (tertiary/aromatic N) is 5. The van der Waals surface area contributed by atoms with Gasteiger partial charge in [-0.15, -0.1) is 5.10 Å². The van der Waals surface area contributed by atoms with Crippen molar-refractivity contribution in [1.82, 2.24) is 35.3 Å². The molecule has 5 rings (SSSR count). The van der Waals surface area contributed by atoms with Crippen molar-refractivity contribution in [2.75, 3.05) is 18.8 Å². The van der Waals surface area contributed by atoms with Gasteiger partial charge in [-0.3, -0.25) is 9.89 Å². The predicted molar refractivity (Wildman–Crippen MR) is 142 cm³/mol. The van der Waals surface area contributed by atoms with Gasteiger partial charge in [0.05, 0.1) is 21.1 Å². The van der Waals surface area contributed by atoms with Crippen LogP contribution in [0.25, 0.3) is 22.2 Å². The smallest absolute Gasteiger partial charge is 0.311 e. The van der Waals surface area contributed by atoms with Crippen LogP contribution in [0.1, 0.15) is 44.6 Å². The molecule has 1 atom stereocenters. The van der Waals surface area contributed by atoms with Crippen LogP contribution in [0, 0.1) is 5.41 Å². The van der Waals surface area contributed by atoms with Gasteiger partial charge in [-0.1, -0.05) is 17.3 Å². The Morgan fingerprint density at radius 1 is 1.22 bits per heavy atom. The summed E-state index contributed by atoms with van der Waals surface area (Å²) in [5.41, 5.74) is 9.63. The molecule has 1 unspecified atom stereocenters. The van der Waals surface area contributed by atoms with Gasteiger partial charge >= 0.3 is 5.97 Å². The summed E-state index contributed by atoms with van der Waals surface area (Å²) in [7, 11) is 0. The van der Waals surface area contributed by atoms with E-state index < -0.39 is 5.41 Å². The molecule has 0 saturated carbocycles. The van der Waals surface area contributed by atoms with Gasteiger partial charge in [0.1, 0.15) is 42.4 Å². The molecule has 0 aliphatic carbocycles. The molecule has 1 fully saturated rings. The lowest BCUT2D eigenvalue weighted by Gasteiger charge is -2.16. The lowest BCUT2D eigenvalue weighted by atomic mass is 9.97. The molecule has 0 spiro atoms. The molecule has 4 heterocycles. The number of ether oxygens (including phenoxy) is 2. The fraction of sp³-hybridized carbons (Fsp3) is 0.400. The maximum absolute atomic E-state index is 12.1. The zero-order valence-electron chi connectivity index (χ0n) is 20.9. The van der Waals surface area contributed by atoms with Crippen LogP contribution in [0.3, 0.4) is 0 Å². The van der Waals surface area contributed by atoms with E-state index in [2.05, 4.69) is 51.2 Å². The molecule has 4 aromatic rings. The lowest BCUT2D eigenvalue weighted by Crippen LogP contribution is -2.23. The summed E-state index contributed by atoms with van der Waals surface area (Å²) >= 11 is 3.82. The van der Waals surface area contributed by atoms with E-state index in [9.17, 15) is 4.79 Å². The number of nitrogens with two attached hydrogens (primary N) is 1. The molecule has 0 amide bonds. The summed E-state index contributed by atoms with van der Waals surface area (Å²) in [6.07, 6.45) is 2.52. The fourth-order valence-electron chi connectivity index (χ4n) is 4.31. The Kier molecular flexibility index (Phi) is 6.86. The van der Waals surface area contributed by atoms with E-state index in [1.807, 2.05) is 24.3 Å². The molecule has 4 N–H and O–H groups in total. The van der Waals surface area contributed by atoms with Crippen molar-refractivity contribution in [3.05, 3.63) is 46.6 Å². The van der Waals surface area contributed by atoms with Crippen LogP contribution in [0.4, 0.5) is 5.82 Å². The van der Waals surface area contributed by atoms with E-state index in [4.69, 9.17) is 15.2 Å². The van der Waals surface area contributed by atoms with Gasteiger partial charge in [0.25, 0.3) is 0 Å². The van der Waals surface area contributed by atoms with Crippen LogP contribution in [0.15, 0.2) is 35.2 Å². The third kappa shape index (κ3) is 5.03. The second-order valence-electron chi connectivity index (χ2n) is 10.0. The predicted octanol–water partition coefficient (Wildman–Crippen LogP) is 3.76. The summed E-state index contributed by atoms with van der Waals surface area (Å²) in [5, 5.41) is 14.9. The largest absolute Gasteiger partial charge is 0.487 e. The zero-order valence-corrected chi connectivity index (χ0v) is 22.5. The molecule has 37 heavy (non-hydrogen) atoms. The van der Waals surface area contributed by atoms with Crippen LogP contribution >= 0.6 is 15.9 Å². The number of aromatic nitrogens is 6. The average molecular weight is 569 g/mol. The van der Waals surface area contributed by atoms with Crippen LogP contribution < -0.4 is 15.8 Å². The van der Waals surface area contributed by atoms with E-state index in [0.29, 0.717) is 23.0 Å². The Morgan fingerprint density at radius 3 is 2.70 bits per heavy atom. The Morgan fingerprint density at radius 2 is 2.00 bits per heavy atom. The minimum atomic E-state index is -0.589. The average Bonchev–Trinajstić information content (AvgIpc) is 3.60. The minimum absolute atomic E-state index is 0.0301. The second-order valence-corrected chi connectivity index (χ2v) is 10.8. The summed E-state index contributed by atoms with van der Waals surface area (Å²) in [6.45, 7) is 7.47. The highest BCUT2D eigenvalue weighted by Crippen LogP contribution is 2.42. The maximum atomic E-state index is 12.1.